The number of ether oxygens (including phenoxy) is 2. The number of oxazole rings is 1. The second-order valence-corrected chi connectivity index (χ2v) is 4.67. The molecule has 2 N–H and O–H groups in total. The molecule has 0 radical (unpaired) electrons. The molecule has 0 fully saturated rings. The van der Waals surface area contributed by atoms with E-state index >= 15 is 0 Å². The Morgan fingerprint density at radius 2 is 1.90 bits per heavy atom. The first-order valence-corrected chi connectivity index (χ1v) is 6.57. The molecule has 1 aromatic heterocycles. The maximum atomic E-state index is 10.9. The van der Waals surface area contributed by atoms with Crippen molar-refractivity contribution in [2.24, 2.45) is 5.73 Å². The van der Waals surface area contributed by atoms with Crippen LogP contribution in [0.1, 0.15) is 24.3 Å². The highest BCUT2D eigenvalue weighted by Gasteiger charge is 2.10. The summed E-state index contributed by atoms with van der Waals surface area (Å²) in [4.78, 5) is 15.1. The van der Waals surface area contributed by atoms with Crippen LogP contribution in [0.2, 0.25) is 0 Å². The molecule has 0 saturated heterocycles. The molecule has 6 nitrogen and oxygen atoms in total. The number of primary amides is 1. The predicted octanol–water partition coefficient (Wildman–Crippen LogP) is 2.12. The van der Waals surface area contributed by atoms with Crippen LogP contribution >= 0.6 is 0 Å². The van der Waals surface area contributed by atoms with E-state index in [1.54, 1.807) is 31.2 Å². The molecule has 0 aliphatic heterocycles. The van der Waals surface area contributed by atoms with Crippen LogP contribution in [-0.2, 0) is 11.4 Å². The van der Waals surface area contributed by atoms with Crippen molar-refractivity contribution in [3.8, 4) is 11.5 Å². The van der Waals surface area contributed by atoms with Crippen molar-refractivity contribution >= 4 is 5.91 Å². The highest BCUT2D eigenvalue weighted by molar-refractivity contribution is 5.78. The van der Waals surface area contributed by atoms with Gasteiger partial charge in [-0.3, -0.25) is 4.79 Å². The fourth-order valence-electron chi connectivity index (χ4n) is 1.62. The first-order valence-electron chi connectivity index (χ1n) is 6.57. The Labute approximate surface area is 122 Å². The number of nitrogens with two attached hydrogens (primary N) is 1. The smallest absolute Gasteiger partial charge is 0.258 e. The summed E-state index contributed by atoms with van der Waals surface area (Å²) in [6.07, 6.45) is -0.671. The van der Waals surface area contributed by atoms with Crippen molar-refractivity contribution in [1.29, 1.82) is 0 Å². The third-order valence-electron chi connectivity index (χ3n) is 2.97. The number of aryl methyl sites for hydroxylation is 2. The van der Waals surface area contributed by atoms with Crippen molar-refractivity contribution in [3.63, 3.8) is 0 Å². The van der Waals surface area contributed by atoms with Gasteiger partial charge in [-0.05, 0) is 45.0 Å². The summed E-state index contributed by atoms with van der Waals surface area (Å²) >= 11 is 0. The molecule has 2 rings (SSSR count). The minimum Gasteiger partial charge on any atom is -0.484 e. The number of benzene rings is 1. The zero-order chi connectivity index (χ0) is 15.4. The molecule has 0 bridgehead atoms. The molecule has 112 valence electrons. The lowest BCUT2D eigenvalue weighted by molar-refractivity contribution is -0.123. The zero-order valence-corrected chi connectivity index (χ0v) is 12.3. The standard InChI is InChI=1S/C15H18N2O4/c1-9-10(2)21-14(17-9)8-19-12-4-6-13(7-5-12)20-11(3)15(16)18/h4-7,11H,8H2,1-3H3,(H2,16,18)/t11-/m0/s1. The van der Waals surface area contributed by atoms with E-state index in [0.29, 0.717) is 17.4 Å². The van der Waals surface area contributed by atoms with Crippen molar-refractivity contribution < 1.29 is 18.7 Å². The van der Waals surface area contributed by atoms with Crippen LogP contribution in [-0.4, -0.2) is 17.0 Å². The van der Waals surface area contributed by atoms with E-state index in [1.807, 2.05) is 13.8 Å². The van der Waals surface area contributed by atoms with Crippen LogP contribution in [0.25, 0.3) is 0 Å². The third kappa shape index (κ3) is 3.98. The van der Waals surface area contributed by atoms with E-state index < -0.39 is 12.0 Å². The Kier molecular flexibility index (Phi) is 4.47. The average Bonchev–Trinajstić information content (AvgIpc) is 2.77. The molecule has 1 heterocycles. The van der Waals surface area contributed by atoms with Crippen molar-refractivity contribution in [2.75, 3.05) is 0 Å². The van der Waals surface area contributed by atoms with Gasteiger partial charge in [-0.15, -0.1) is 0 Å². The first-order chi connectivity index (χ1) is 9.95. The zero-order valence-electron chi connectivity index (χ0n) is 12.3. The molecule has 0 spiro atoms. The van der Waals surface area contributed by atoms with E-state index in [9.17, 15) is 4.79 Å². The minimum absolute atomic E-state index is 0.257. The highest BCUT2D eigenvalue weighted by Crippen LogP contribution is 2.20. The maximum Gasteiger partial charge on any atom is 0.258 e. The van der Waals surface area contributed by atoms with Gasteiger partial charge in [0, 0.05) is 0 Å². The number of nitrogens with zero attached hydrogens (tertiary/aromatic N) is 1. The predicted molar refractivity (Wildman–Crippen MR) is 76.0 cm³/mol. The van der Waals surface area contributed by atoms with Gasteiger partial charge < -0.3 is 19.6 Å². The van der Waals surface area contributed by atoms with Crippen molar-refractivity contribution in [3.05, 3.63) is 41.6 Å². The molecular weight excluding hydrogens is 272 g/mol. The monoisotopic (exact) mass is 290 g/mol. The van der Waals surface area contributed by atoms with E-state index in [0.717, 1.165) is 11.5 Å². The lowest BCUT2D eigenvalue weighted by atomic mass is 10.3. The Morgan fingerprint density at radius 3 is 2.43 bits per heavy atom. The van der Waals surface area contributed by atoms with Crippen molar-refractivity contribution in [1.82, 2.24) is 4.98 Å². The Balaban J connectivity index is 1.91. The second-order valence-electron chi connectivity index (χ2n) is 4.67. The summed E-state index contributed by atoms with van der Waals surface area (Å²) in [6, 6.07) is 6.90. The molecule has 0 aliphatic carbocycles. The normalized spacial score (nSPS) is 12.0. The van der Waals surface area contributed by atoms with Gasteiger partial charge in [-0.2, -0.15) is 0 Å². The number of aromatic nitrogens is 1. The third-order valence-corrected chi connectivity index (χ3v) is 2.97. The second kappa shape index (κ2) is 6.30. The Morgan fingerprint density at radius 1 is 1.29 bits per heavy atom. The van der Waals surface area contributed by atoms with Gasteiger partial charge in [0.2, 0.25) is 5.89 Å². The van der Waals surface area contributed by atoms with Gasteiger partial charge in [-0.1, -0.05) is 0 Å². The fourth-order valence-corrected chi connectivity index (χ4v) is 1.62. The molecule has 2 aromatic rings. The first kappa shape index (κ1) is 14.9. The van der Waals surface area contributed by atoms with Crippen LogP contribution in [0.4, 0.5) is 0 Å². The van der Waals surface area contributed by atoms with Crippen LogP contribution in [0, 0.1) is 13.8 Å². The number of hydrogen-bond acceptors (Lipinski definition) is 5. The number of carbonyl (C=O) groups is 1. The number of hydrogen-bond donors (Lipinski definition) is 1. The van der Waals surface area contributed by atoms with E-state index in [1.165, 1.54) is 0 Å². The van der Waals surface area contributed by atoms with Gasteiger partial charge >= 0.3 is 0 Å². The summed E-state index contributed by atoms with van der Waals surface area (Å²) in [5.74, 6) is 2.02. The van der Waals surface area contributed by atoms with Gasteiger partial charge in [0.05, 0.1) is 5.69 Å². The van der Waals surface area contributed by atoms with Crippen LogP contribution in [0.5, 0.6) is 11.5 Å². The number of rotatable bonds is 6. The molecule has 1 atom stereocenters. The molecule has 0 unspecified atom stereocenters. The largest absolute Gasteiger partial charge is 0.484 e. The van der Waals surface area contributed by atoms with E-state index in [4.69, 9.17) is 19.6 Å². The summed E-state index contributed by atoms with van der Waals surface area (Å²) < 4.78 is 16.3. The molecule has 1 aromatic carbocycles. The lowest BCUT2D eigenvalue weighted by Crippen LogP contribution is -2.30. The van der Waals surface area contributed by atoms with Crippen LogP contribution in [0.15, 0.2) is 28.7 Å². The number of amides is 1. The Hall–Kier alpha value is -2.50. The topological polar surface area (TPSA) is 87.6 Å². The molecule has 0 saturated carbocycles. The quantitative estimate of drug-likeness (QED) is 0.880. The summed E-state index contributed by atoms with van der Waals surface area (Å²) in [5.41, 5.74) is 5.99. The minimum atomic E-state index is -0.671. The molecule has 21 heavy (non-hydrogen) atoms. The summed E-state index contributed by atoms with van der Waals surface area (Å²) in [7, 11) is 0. The SMILES string of the molecule is Cc1nc(COc2ccc(O[C@@H](C)C(N)=O)cc2)oc1C. The molecular formula is C15H18N2O4. The van der Waals surface area contributed by atoms with Crippen molar-refractivity contribution in [2.45, 2.75) is 33.5 Å². The lowest BCUT2D eigenvalue weighted by Gasteiger charge is -2.11. The summed E-state index contributed by atoms with van der Waals surface area (Å²) in [5, 5.41) is 0. The van der Waals surface area contributed by atoms with Gasteiger partial charge in [0.25, 0.3) is 5.91 Å². The summed E-state index contributed by atoms with van der Waals surface area (Å²) in [6.45, 7) is 5.60. The van der Waals surface area contributed by atoms with E-state index in [2.05, 4.69) is 4.98 Å². The average molecular weight is 290 g/mol. The van der Waals surface area contributed by atoms with Gasteiger partial charge in [0.15, 0.2) is 12.7 Å². The van der Waals surface area contributed by atoms with E-state index in [-0.39, 0.29) is 6.61 Å². The van der Waals surface area contributed by atoms with Gasteiger partial charge in [0.1, 0.15) is 17.3 Å². The highest BCUT2D eigenvalue weighted by atomic mass is 16.5. The maximum absolute atomic E-state index is 10.9. The Bertz CT molecular complexity index is 600. The molecule has 1 amide bonds. The number of carbonyl (C=O) groups excluding carboxylic acids is 1. The molecule has 0 aliphatic rings. The molecule has 6 heteroatoms. The van der Waals surface area contributed by atoms with Crippen LogP contribution < -0.4 is 15.2 Å². The fraction of sp³-hybridized carbons (Fsp3) is 0.333. The van der Waals surface area contributed by atoms with Gasteiger partial charge in [-0.25, -0.2) is 4.98 Å². The van der Waals surface area contributed by atoms with Crippen LogP contribution in [0.3, 0.4) is 0 Å².